The molecule has 3 aliphatic rings. The molecule has 0 radical (unpaired) electrons. The van der Waals surface area contributed by atoms with Gasteiger partial charge in [0.2, 0.25) is 17.7 Å². The Balaban J connectivity index is 1.41. The molecule has 2 saturated heterocycles. The van der Waals surface area contributed by atoms with E-state index in [4.69, 9.17) is 0 Å². The summed E-state index contributed by atoms with van der Waals surface area (Å²) in [7, 11) is 0. The Morgan fingerprint density at radius 2 is 1.82 bits per heavy atom. The first-order valence-corrected chi connectivity index (χ1v) is 12.2. The van der Waals surface area contributed by atoms with Crippen molar-refractivity contribution in [3.8, 4) is 0 Å². The van der Waals surface area contributed by atoms with Gasteiger partial charge < -0.3 is 10.2 Å². The predicted octanol–water partition coefficient (Wildman–Crippen LogP) is 1.57. The van der Waals surface area contributed by atoms with Gasteiger partial charge in [-0.25, -0.2) is 0 Å². The number of fused-ring (bicyclic) bond motifs is 1. The molecule has 0 saturated carbocycles. The molecule has 2 fully saturated rings. The summed E-state index contributed by atoms with van der Waals surface area (Å²) in [5, 5.41) is 5.49. The largest absolute Gasteiger partial charge is 0.343 e. The van der Waals surface area contributed by atoms with Crippen molar-refractivity contribution in [2.75, 3.05) is 26.2 Å². The molecule has 0 bridgehead atoms. The Labute approximate surface area is 199 Å². The zero-order chi connectivity index (χ0) is 24.2. The molecule has 4 rings (SSSR count). The van der Waals surface area contributed by atoms with Crippen LogP contribution in [0.15, 0.2) is 18.2 Å². The smallest absolute Gasteiger partial charge is 0.262 e. The second-order valence-corrected chi connectivity index (χ2v) is 9.18. The number of amides is 5. The molecule has 3 aliphatic heterocycles. The van der Waals surface area contributed by atoms with E-state index in [0.29, 0.717) is 30.6 Å². The minimum atomic E-state index is -0.968. The van der Waals surface area contributed by atoms with Gasteiger partial charge in [0.15, 0.2) is 0 Å². The summed E-state index contributed by atoms with van der Waals surface area (Å²) >= 11 is 0. The van der Waals surface area contributed by atoms with Crippen LogP contribution >= 0.6 is 0 Å². The first-order valence-electron chi connectivity index (χ1n) is 12.2. The number of hydrogen-bond donors (Lipinski definition) is 2. The van der Waals surface area contributed by atoms with Crippen LogP contribution in [-0.4, -0.2) is 71.6 Å². The molecule has 9 heteroatoms. The summed E-state index contributed by atoms with van der Waals surface area (Å²) in [5.74, 6) is -1.72. The highest BCUT2D eigenvalue weighted by molar-refractivity contribution is 6.24. The van der Waals surface area contributed by atoms with Crippen molar-refractivity contribution in [2.45, 2.75) is 63.8 Å². The van der Waals surface area contributed by atoms with Crippen LogP contribution in [0, 0.1) is 0 Å². The summed E-state index contributed by atoms with van der Waals surface area (Å²) in [6, 6.07) is 4.30. The third-order valence-corrected chi connectivity index (χ3v) is 7.03. The van der Waals surface area contributed by atoms with Crippen LogP contribution in [0.5, 0.6) is 0 Å². The number of carbonyl (C=O) groups is 5. The summed E-state index contributed by atoms with van der Waals surface area (Å²) in [4.78, 5) is 65.7. The van der Waals surface area contributed by atoms with Gasteiger partial charge in [0.1, 0.15) is 6.04 Å². The highest BCUT2D eigenvalue weighted by Gasteiger charge is 2.46. The van der Waals surface area contributed by atoms with E-state index in [1.165, 1.54) is 0 Å². The maximum absolute atomic E-state index is 13.3. The highest BCUT2D eigenvalue weighted by Crippen LogP contribution is 2.37. The first-order chi connectivity index (χ1) is 16.4. The van der Waals surface area contributed by atoms with E-state index < -0.39 is 29.7 Å². The van der Waals surface area contributed by atoms with E-state index in [1.807, 2.05) is 11.0 Å². The molecule has 5 amide bonds. The molecule has 1 aromatic carbocycles. The number of likely N-dealkylation sites (tertiary alicyclic amines) is 1. The van der Waals surface area contributed by atoms with E-state index in [1.54, 1.807) is 12.1 Å². The van der Waals surface area contributed by atoms with Gasteiger partial charge in [-0.15, -0.1) is 0 Å². The first kappa shape index (κ1) is 24.1. The van der Waals surface area contributed by atoms with Crippen LogP contribution in [-0.2, 0) is 14.4 Å². The molecule has 182 valence electrons. The highest BCUT2D eigenvalue weighted by atomic mass is 16.2. The Kier molecular flexibility index (Phi) is 7.41. The summed E-state index contributed by atoms with van der Waals surface area (Å²) in [6.07, 6.45) is 4.07. The molecule has 1 atom stereocenters. The number of nitrogens with zero attached hydrogens (tertiary/aromatic N) is 2. The van der Waals surface area contributed by atoms with Crippen molar-refractivity contribution in [3.05, 3.63) is 34.9 Å². The number of carbonyl (C=O) groups excluding carboxylic acids is 5. The third-order valence-electron chi connectivity index (χ3n) is 7.03. The van der Waals surface area contributed by atoms with E-state index in [-0.39, 0.29) is 24.7 Å². The molecular formula is C25H32N4O5. The van der Waals surface area contributed by atoms with Crippen LogP contribution in [0.1, 0.15) is 84.1 Å². The zero-order valence-electron chi connectivity index (χ0n) is 19.6. The fourth-order valence-electron chi connectivity index (χ4n) is 5.18. The van der Waals surface area contributed by atoms with Crippen molar-refractivity contribution in [1.29, 1.82) is 0 Å². The van der Waals surface area contributed by atoms with Gasteiger partial charge in [-0.1, -0.05) is 19.1 Å². The average Bonchev–Trinajstić information content (AvgIpc) is 3.09. The third kappa shape index (κ3) is 4.75. The Hall–Kier alpha value is -3.07. The molecule has 1 aromatic rings. The molecule has 0 spiro atoms. The van der Waals surface area contributed by atoms with Crippen LogP contribution in [0.25, 0.3) is 0 Å². The number of imide groups is 2. The molecule has 3 heterocycles. The van der Waals surface area contributed by atoms with Gasteiger partial charge in [0.05, 0.1) is 11.1 Å². The summed E-state index contributed by atoms with van der Waals surface area (Å²) in [6.45, 7) is 5.17. The fourth-order valence-corrected chi connectivity index (χ4v) is 5.18. The lowest BCUT2D eigenvalue weighted by atomic mass is 9.85. The minimum Gasteiger partial charge on any atom is -0.343 e. The average molecular weight is 469 g/mol. The number of benzene rings is 1. The molecular weight excluding hydrogens is 436 g/mol. The Morgan fingerprint density at radius 3 is 2.53 bits per heavy atom. The second-order valence-electron chi connectivity index (χ2n) is 9.18. The monoisotopic (exact) mass is 468 g/mol. The van der Waals surface area contributed by atoms with E-state index in [9.17, 15) is 24.0 Å². The molecule has 9 nitrogen and oxygen atoms in total. The SMILES string of the molecule is CCNCCCCC(=O)N1CCC(c2cccc3c2C(=O)N(C2CCC(=O)NC2=O)C3=O)CC1. The maximum Gasteiger partial charge on any atom is 0.262 e. The number of piperidine rings is 2. The second kappa shape index (κ2) is 10.5. The minimum absolute atomic E-state index is 0.0613. The Bertz CT molecular complexity index is 999. The van der Waals surface area contributed by atoms with Crippen molar-refractivity contribution >= 4 is 29.5 Å². The van der Waals surface area contributed by atoms with Gasteiger partial charge in [-0.2, -0.15) is 0 Å². The number of hydrogen-bond acceptors (Lipinski definition) is 6. The number of unbranched alkanes of at least 4 members (excludes halogenated alkanes) is 1. The molecule has 0 aliphatic carbocycles. The van der Waals surface area contributed by atoms with Gasteiger partial charge in [-0.3, -0.25) is 34.2 Å². The van der Waals surface area contributed by atoms with Crippen LogP contribution in [0.2, 0.25) is 0 Å². The predicted molar refractivity (Wildman–Crippen MR) is 124 cm³/mol. The normalized spacial score (nSPS) is 21.1. The lowest BCUT2D eigenvalue weighted by molar-refractivity contribution is -0.136. The topological polar surface area (TPSA) is 116 Å². The van der Waals surface area contributed by atoms with Gasteiger partial charge in [-0.05, 0) is 62.7 Å². The molecule has 2 N–H and O–H groups in total. The lowest BCUT2D eigenvalue weighted by Gasteiger charge is -2.33. The van der Waals surface area contributed by atoms with E-state index in [0.717, 1.165) is 49.2 Å². The molecule has 34 heavy (non-hydrogen) atoms. The lowest BCUT2D eigenvalue weighted by Crippen LogP contribution is -2.54. The van der Waals surface area contributed by atoms with Gasteiger partial charge >= 0.3 is 0 Å². The number of nitrogens with one attached hydrogen (secondary N) is 2. The zero-order valence-corrected chi connectivity index (χ0v) is 19.6. The maximum atomic E-state index is 13.3. The van der Waals surface area contributed by atoms with Crippen molar-refractivity contribution < 1.29 is 24.0 Å². The molecule has 1 unspecified atom stereocenters. The van der Waals surface area contributed by atoms with Crippen LogP contribution in [0.4, 0.5) is 0 Å². The quantitative estimate of drug-likeness (QED) is 0.442. The van der Waals surface area contributed by atoms with Crippen LogP contribution in [0.3, 0.4) is 0 Å². The standard InChI is InChI=1S/C25H32N4O5/c1-2-26-13-4-3-8-21(31)28-14-11-16(12-15-28)17-6-5-7-18-22(17)25(34)29(24(18)33)19-9-10-20(30)27-23(19)32/h5-7,16,19,26H,2-4,8-15H2,1H3,(H,27,30,32). The van der Waals surface area contributed by atoms with Gasteiger partial charge in [0, 0.05) is 25.9 Å². The van der Waals surface area contributed by atoms with E-state index in [2.05, 4.69) is 17.6 Å². The van der Waals surface area contributed by atoms with Crippen molar-refractivity contribution in [1.82, 2.24) is 20.4 Å². The fraction of sp³-hybridized carbons (Fsp3) is 0.560. The summed E-state index contributed by atoms with van der Waals surface area (Å²) in [5.41, 5.74) is 1.49. The van der Waals surface area contributed by atoms with Crippen molar-refractivity contribution in [2.24, 2.45) is 0 Å². The van der Waals surface area contributed by atoms with Gasteiger partial charge in [0.25, 0.3) is 11.8 Å². The van der Waals surface area contributed by atoms with Crippen LogP contribution < -0.4 is 10.6 Å². The van der Waals surface area contributed by atoms with E-state index >= 15 is 0 Å². The Morgan fingerprint density at radius 1 is 1.06 bits per heavy atom. The number of rotatable bonds is 8. The summed E-state index contributed by atoms with van der Waals surface area (Å²) < 4.78 is 0. The van der Waals surface area contributed by atoms with Crippen molar-refractivity contribution in [3.63, 3.8) is 0 Å². The molecule has 0 aromatic heterocycles.